The summed E-state index contributed by atoms with van der Waals surface area (Å²) in [6, 6.07) is 39.4. The van der Waals surface area contributed by atoms with E-state index in [-0.39, 0.29) is 0 Å². The van der Waals surface area contributed by atoms with Crippen LogP contribution < -0.4 is 0 Å². The quantitative estimate of drug-likeness (QED) is 0.140. The number of nitriles is 1. The van der Waals surface area contributed by atoms with Gasteiger partial charge in [0.15, 0.2) is 0 Å². The van der Waals surface area contributed by atoms with E-state index >= 15 is 0 Å². The van der Waals surface area contributed by atoms with E-state index in [2.05, 4.69) is 137 Å². The summed E-state index contributed by atoms with van der Waals surface area (Å²) in [4.78, 5) is 2.52. The zero-order valence-corrected chi connectivity index (χ0v) is 22.7. The molecule has 0 aromatic heterocycles. The molecule has 1 atom stereocenters. The molecule has 0 aliphatic heterocycles. The third-order valence-corrected chi connectivity index (χ3v) is 7.87. The van der Waals surface area contributed by atoms with Gasteiger partial charge in [-0.2, -0.15) is 5.26 Å². The Bertz CT molecular complexity index is 1300. The van der Waals surface area contributed by atoms with Gasteiger partial charge in [-0.25, -0.2) is 0 Å². The molecule has 0 amide bonds. The van der Waals surface area contributed by atoms with Gasteiger partial charge in [-0.05, 0) is 64.8 Å². The summed E-state index contributed by atoms with van der Waals surface area (Å²) in [6.45, 7) is 2.75. The van der Waals surface area contributed by atoms with Crippen molar-refractivity contribution in [1.82, 2.24) is 4.90 Å². The lowest BCUT2D eigenvalue weighted by Gasteiger charge is -2.29. The normalized spacial score (nSPS) is 15.9. The van der Waals surface area contributed by atoms with Crippen LogP contribution in [0.15, 0.2) is 103 Å². The van der Waals surface area contributed by atoms with Gasteiger partial charge in [0.05, 0.1) is 6.07 Å². The average molecular weight is 583 g/mol. The van der Waals surface area contributed by atoms with E-state index in [0.29, 0.717) is 0 Å². The standard InChI is InChI=1S/C33H31IN2/c34-21-19-28-15-9-17-30-29-16-7-8-18-31(29)33(25-35,32(28)30)20-10-22-36(23-26-11-3-1-4-12-26)24-27-13-5-2-6-14-27/h1-9,11-18H,10,19-24H2. The Kier molecular flexibility index (Phi) is 7.84. The van der Waals surface area contributed by atoms with Crippen LogP contribution in [0.1, 0.15) is 40.7 Å². The molecule has 0 bridgehead atoms. The molecule has 4 aromatic carbocycles. The van der Waals surface area contributed by atoms with E-state index in [9.17, 15) is 5.26 Å². The number of nitrogens with zero attached hydrogens (tertiary/aromatic N) is 2. The number of hydrogen-bond donors (Lipinski definition) is 0. The summed E-state index contributed by atoms with van der Waals surface area (Å²) in [5.41, 5.74) is 8.30. The molecule has 0 fully saturated rings. The molecule has 0 N–H and O–H groups in total. The van der Waals surface area contributed by atoms with Crippen molar-refractivity contribution in [3.8, 4) is 17.2 Å². The molecule has 0 spiro atoms. The lowest BCUT2D eigenvalue weighted by molar-refractivity contribution is 0.247. The molecule has 0 heterocycles. The topological polar surface area (TPSA) is 27.0 Å². The molecular weight excluding hydrogens is 551 g/mol. The van der Waals surface area contributed by atoms with Gasteiger partial charge in [0.2, 0.25) is 0 Å². The van der Waals surface area contributed by atoms with E-state index in [1.165, 1.54) is 38.9 Å². The third-order valence-electron chi connectivity index (χ3n) is 7.33. The fraction of sp³-hybridized carbons (Fsp3) is 0.242. The first-order chi connectivity index (χ1) is 17.7. The Morgan fingerprint density at radius 1 is 0.722 bits per heavy atom. The van der Waals surface area contributed by atoms with Crippen LogP contribution in [0.3, 0.4) is 0 Å². The molecule has 5 rings (SSSR count). The minimum Gasteiger partial charge on any atom is -0.295 e. The van der Waals surface area contributed by atoms with Crippen LogP contribution in [0.5, 0.6) is 0 Å². The first kappa shape index (κ1) is 24.7. The highest BCUT2D eigenvalue weighted by Gasteiger charge is 2.44. The monoisotopic (exact) mass is 582 g/mol. The van der Waals surface area contributed by atoms with Crippen LogP contribution in [0, 0.1) is 11.3 Å². The van der Waals surface area contributed by atoms with Crippen molar-refractivity contribution in [3.63, 3.8) is 0 Å². The number of fused-ring (bicyclic) bond motifs is 3. The van der Waals surface area contributed by atoms with Crippen molar-refractivity contribution in [1.29, 1.82) is 5.26 Å². The van der Waals surface area contributed by atoms with Gasteiger partial charge in [0.1, 0.15) is 5.41 Å². The Balaban J connectivity index is 1.43. The molecule has 1 unspecified atom stereocenters. The second kappa shape index (κ2) is 11.4. The van der Waals surface area contributed by atoms with Crippen molar-refractivity contribution in [2.45, 2.75) is 37.8 Å². The zero-order valence-electron chi connectivity index (χ0n) is 20.5. The molecular formula is C33H31IN2. The number of rotatable bonds is 10. The van der Waals surface area contributed by atoms with Crippen LogP contribution in [-0.4, -0.2) is 15.9 Å². The summed E-state index contributed by atoms with van der Waals surface area (Å²) in [6.07, 6.45) is 2.78. The minimum absolute atomic E-state index is 0.584. The van der Waals surface area contributed by atoms with Crippen LogP contribution in [0.2, 0.25) is 0 Å². The summed E-state index contributed by atoms with van der Waals surface area (Å²) in [7, 11) is 0. The molecule has 36 heavy (non-hydrogen) atoms. The average Bonchev–Trinajstić information content (AvgIpc) is 3.21. The highest BCUT2D eigenvalue weighted by molar-refractivity contribution is 14.1. The predicted octanol–water partition coefficient (Wildman–Crippen LogP) is 7.94. The largest absolute Gasteiger partial charge is 0.295 e. The van der Waals surface area contributed by atoms with Crippen LogP contribution in [0.25, 0.3) is 11.1 Å². The van der Waals surface area contributed by atoms with E-state index in [1.807, 2.05) is 0 Å². The maximum atomic E-state index is 10.8. The smallest absolute Gasteiger partial charge is 0.109 e. The van der Waals surface area contributed by atoms with E-state index in [0.717, 1.165) is 43.3 Å². The van der Waals surface area contributed by atoms with Gasteiger partial charge < -0.3 is 0 Å². The molecule has 0 radical (unpaired) electrons. The lowest BCUT2D eigenvalue weighted by Crippen LogP contribution is -2.29. The van der Waals surface area contributed by atoms with Crippen molar-refractivity contribution in [2.75, 3.05) is 11.0 Å². The molecule has 1 aliphatic rings. The minimum atomic E-state index is -0.584. The molecule has 4 aromatic rings. The fourth-order valence-corrected chi connectivity index (χ4v) is 6.34. The van der Waals surface area contributed by atoms with Gasteiger partial charge in [0.25, 0.3) is 0 Å². The summed E-state index contributed by atoms with van der Waals surface area (Å²) in [5, 5.41) is 10.8. The van der Waals surface area contributed by atoms with Gasteiger partial charge in [-0.15, -0.1) is 0 Å². The van der Waals surface area contributed by atoms with Crippen molar-refractivity contribution in [2.24, 2.45) is 0 Å². The molecule has 2 nitrogen and oxygen atoms in total. The number of hydrogen-bond acceptors (Lipinski definition) is 2. The molecule has 1 aliphatic carbocycles. The molecule has 3 heteroatoms. The highest BCUT2D eigenvalue weighted by Crippen LogP contribution is 2.52. The zero-order chi connectivity index (χ0) is 24.8. The molecule has 0 saturated carbocycles. The number of halogens is 1. The maximum absolute atomic E-state index is 10.8. The van der Waals surface area contributed by atoms with Crippen molar-refractivity contribution < 1.29 is 0 Å². The van der Waals surface area contributed by atoms with Crippen molar-refractivity contribution >= 4 is 22.6 Å². The van der Waals surface area contributed by atoms with Gasteiger partial charge >= 0.3 is 0 Å². The SMILES string of the molecule is N#CC1(CCCN(Cc2ccccc2)Cc2ccccc2)c2ccccc2-c2cccc(CCI)c21. The first-order valence-corrected chi connectivity index (χ1v) is 14.3. The number of alkyl halides is 1. The Morgan fingerprint density at radius 2 is 1.33 bits per heavy atom. The molecule has 0 saturated heterocycles. The highest BCUT2D eigenvalue weighted by atomic mass is 127. The molecule has 180 valence electrons. The Hall–Kier alpha value is -2.94. The fourth-order valence-electron chi connectivity index (χ4n) is 5.76. The summed E-state index contributed by atoms with van der Waals surface area (Å²) in [5.74, 6) is 0. The van der Waals surface area contributed by atoms with Crippen LogP contribution >= 0.6 is 22.6 Å². The summed E-state index contributed by atoms with van der Waals surface area (Å²) >= 11 is 2.45. The van der Waals surface area contributed by atoms with Gasteiger partial charge in [0, 0.05) is 17.5 Å². The van der Waals surface area contributed by atoms with E-state index in [4.69, 9.17) is 0 Å². The Morgan fingerprint density at radius 3 is 1.97 bits per heavy atom. The number of benzene rings is 4. The third kappa shape index (κ3) is 4.98. The van der Waals surface area contributed by atoms with Crippen LogP contribution in [-0.2, 0) is 24.9 Å². The maximum Gasteiger partial charge on any atom is 0.109 e. The lowest BCUT2D eigenvalue weighted by atomic mass is 9.74. The predicted molar refractivity (Wildman–Crippen MR) is 157 cm³/mol. The van der Waals surface area contributed by atoms with Gasteiger partial charge in [-0.3, -0.25) is 4.90 Å². The first-order valence-electron chi connectivity index (χ1n) is 12.7. The van der Waals surface area contributed by atoms with E-state index < -0.39 is 5.41 Å². The van der Waals surface area contributed by atoms with E-state index in [1.54, 1.807) is 0 Å². The second-order valence-corrected chi connectivity index (χ2v) is 10.7. The van der Waals surface area contributed by atoms with Gasteiger partial charge in [-0.1, -0.05) is 126 Å². The van der Waals surface area contributed by atoms with Crippen molar-refractivity contribution in [3.05, 3.63) is 131 Å². The summed E-state index contributed by atoms with van der Waals surface area (Å²) < 4.78 is 1.05. The van der Waals surface area contributed by atoms with Crippen LogP contribution in [0.4, 0.5) is 0 Å². The number of aryl methyl sites for hydroxylation is 1. The Labute approximate surface area is 228 Å². The second-order valence-electron chi connectivity index (χ2n) is 9.63.